The van der Waals surface area contributed by atoms with Gasteiger partial charge in [0.15, 0.2) is 0 Å². The second-order valence-corrected chi connectivity index (χ2v) is 13.2. The molecule has 0 bridgehead atoms. The lowest BCUT2D eigenvalue weighted by Gasteiger charge is -2.29. The van der Waals surface area contributed by atoms with E-state index in [0.717, 1.165) is 11.4 Å². The summed E-state index contributed by atoms with van der Waals surface area (Å²) in [6.07, 6.45) is 0. The van der Waals surface area contributed by atoms with Gasteiger partial charge in [0, 0.05) is 31.4 Å². The van der Waals surface area contributed by atoms with Crippen molar-refractivity contribution in [1.82, 2.24) is 0 Å². The van der Waals surface area contributed by atoms with Crippen molar-refractivity contribution in [2.75, 3.05) is 4.90 Å². The fraction of sp³-hybridized carbons (Fsp3) is 0. The fourth-order valence-electron chi connectivity index (χ4n) is 7.01. The number of thiophene rings is 1. The van der Waals surface area contributed by atoms with E-state index in [1.807, 2.05) is 11.3 Å². The van der Waals surface area contributed by atoms with Gasteiger partial charge in [0.25, 0.3) is 0 Å². The normalized spacial score (nSPS) is 11.3. The molecule has 0 aliphatic heterocycles. The van der Waals surface area contributed by atoms with E-state index in [9.17, 15) is 0 Å². The van der Waals surface area contributed by atoms with Crippen molar-refractivity contribution < 1.29 is 0 Å². The van der Waals surface area contributed by atoms with Crippen LogP contribution in [0, 0.1) is 0 Å². The molecule has 0 saturated carbocycles. The molecule has 9 aromatic rings. The third kappa shape index (κ3) is 4.95. The van der Waals surface area contributed by atoms with Crippen LogP contribution in [-0.4, -0.2) is 0 Å². The molecule has 0 spiro atoms. The third-order valence-corrected chi connectivity index (χ3v) is 10.4. The van der Waals surface area contributed by atoms with Gasteiger partial charge in [-0.3, -0.25) is 0 Å². The minimum absolute atomic E-state index is 1.12. The Labute approximate surface area is 284 Å². The zero-order valence-electron chi connectivity index (χ0n) is 26.3. The molecule has 0 aliphatic carbocycles. The molecule has 226 valence electrons. The quantitative estimate of drug-likeness (QED) is 0.177. The topological polar surface area (TPSA) is 3.24 Å². The molecule has 9 rings (SSSR count). The van der Waals surface area contributed by atoms with Crippen LogP contribution in [0.1, 0.15) is 0 Å². The molecule has 0 radical (unpaired) electrons. The average Bonchev–Trinajstić information content (AvgIpc) is 3.55. The van der Waals surface area contributed by atoms with Gasteiger partial charge in [-0.1, -0.05) is 152 Å². The van der Waals surface area contributed by atoms with Crippen LogP contribution in [-0.2, 0) is 0 Å². The molecule has 8 aromatic carbocycles. The molecule has 0 unspecified atom stereocenters. The smallest absolute Gasteiger partial charge is 0.0555 e. The van der Waals surface area contributed by atoms with Crippen molar-refractivity contribution in [3.63, 3.8) is 0 Å². The van der Waals surface area contributed by atoms with E-state index in [2.05, 4.69) is 193 Å². The number of hydrogen-bond acceptors (Lipinski definition) is 2. The summed E-state index contributed by atoms with van der Waals surface area (Å²) in [5.74, 6) is 0. The van der Waals surface area contributed by atoms with Gasteiger partial charge >= 0.3 is 0 Å². The highest BCUT2D eigenvalue weighted by Gasteiger charge is 2.22. The monoisotopic (exact) mass is 629 g/mol. The summed E-state index contributed by atoms with van der Waals surface area (Å²) in [4.78, 5) is 2.48. The number of fused-ring (bicyclic) bond motifs is 4. The van der Waals surface area contributed by atoms with E-state index in [4.69, 9.17) is 0 Å². The standard InChI is InChI=1S/C46H31NS/c1-3-13-32(14-4-1)33-25-28-37(29-26-33)47(42-22-12-24-45-46(42)41-20-9-10-23-44(41)48-45)43-31-36(27-30-40(43)35-15-5-2-6-16-35)39-21-11-18-34-17-7-8-19-38(34)39/h1-31H. The number of rotatable bonds is 6. The highest BCUT2D eigenvalue weighted by Crippen LogP contribution is 2.48. The van der Waals surface area contributed by atoms with Gasteiger partial charge in [-0.2, -0.15) is 0 Å². The van der Waals surface area contributed by atoms with Gasteiger partial charge in [0.1, 0.15) is 0 Å². The predicted octanol–water partition coefficient (Wildman–Crippen LogP) is 13.7. The van der Waals surface area contributed by atoms with Crippen molar-refractivity contribution in [3.8, 4) is 33.4 Å². The Hall–Kier alpha value is -5.96. The van der Waals surface area contributed by atoms with Crippen LogP contribution in [0.5, 0.6) is 0 Å². The van der Waals surface area contributed by atoms with Crippen molar-refractivity contribution >= 4 is 59.3 Å². The van der Waals surface area contributed by atoms with E-state index in [0.29, 0.717) is 0 Å². The first-order valence-electron chi connectivity index (χ1n) is 16.4. The summed E-state index contributed by atoms with van der Waals surface area (Å²) in [5, 5.41) is 5.06. The van der Waals surface area contributed by atoms with Crippen molar-refractivity contribution in [2.24, 2.45) is 0 Å². The molecule has 0 fully saturated rings. The van der Waals surface area contributed by atoms with Crippen LogP contribution in [0.3, 0.4) is 0 Å². The molecule has 1 nitrogen and oxygen atoms in total. The van der Waals surface area contributed by atoms with Gasteiger partial charge in [-0.15, -0.1) is 11.3 Å². The van der Waals surface area contributed by atoms with Gasteiger partial charge in [-0.25, -0.2) is 0 Å². The van der Waals surface area contributed by atoms with Crippen LogP contribution in [0.2, 0.25) is 0 Å². The lowest BCUT2D eigenvalue weighted by Crippen LogP contribution is -2.12. The minimum atomic E-state index is 1.12. The first-order chi connectivity index (χ1) is 23.8. The van der Waals surface area contributed by atoms with Gasteiger partial charge in [0.2, 0.25) is 0 Å². The van der Waals surface area contributed by atoms with Crippen LogP contribution in [0.15, 0.2) is 188 Å². The molecule has 48 heavy (non-hydrogen) atoms. The summed E-state index contributed by atoms with van der Waals surface area (Å²) in [7, 11) is 0. The van der Waals surface area contributed by atoms with Gasteiger partial charge in [-0.05, 0) is 75.0 Å². The maximum Gasteiger partial charge on any atom is 0.0555 e. The summed E-state index contributed by atoms with van der Waals surface area (Å²) in [6, 6.07) is 68.2. The van der Waals surface area contributed by atoms with Crippen LogP contribution < -0.4 is 4.90 Å². The average molecular weight is 630 g/mol. The lowest BCUT2D eigenvalue weighted by molar-refractivity contribution is 1.30. The van der Waals surface area contributed by atoms with Crippen LogP contribution in [0.4, 0.5) is 17.1 Å². The van der Waals surface area contributed by atoms with Crippen molar-refractivity contribution in [1.29, 1.82) is 0 Å². The molecular weight excluding hydrogens is 599 g/mol. The molecule has 0 atom stereocenters. The summed E-state index contributed by atoms with van der Waals surface area (Å²) in [6.45, 7) is 0. The van der Waals surface area contributed by atoms with E-state index in [-0.39, 0.29) is 0 Å². The molecule has 1 aromatic heterocycles. The highest BCUT2D eigenvalue weighted by molar-refractivity contribution is 7.26. The maximum absolute atomic E-state index is 2.48. The Bertz CT molecular complexity index is 2540. The first-order valence-corrected chi connectivity index (χ1v) is 17.2. The number of nitrogens with zero attached hydrogens (tertiary/aromatic N) is 1. The summed E-state index contributed by atoms with van der Waals surface area (Å²) >= 11 is 1.86. The zero-order valence-corrected chi connectivity index (χ0v) is 27.1. The molecule has 0 saturated heterocycles. The van der Waals surface area contributed by atoms with E-state index in [1.54, 1.807) is 0 Å². The summed E-state index contributed by atoms with van der Waals surface area (Å²) in [5.41, 5.74) is 10.6. The minimum Gasteiger partial charge on any atom is -0.309 e. The Morgan fingerprint density at radius 1 is 0.354 bits per heavy atom. The highest BCUT2D eigenvalue weighted by atomic mass is 32.1. The molecule has 2 heteroatoms. The van der Waals surface area contributed by atoms with Crippen molar-refractivity contribution in [3.05, 3.63) is 188 Å². The van der Waals surface area contributed by atoms with Crippen molar-refractivity contribution in [2.45, 2.75) is 0 Å². The zero-order chi connectivity index (χ0) is 31.9. The van der Waals surface area contributed by atoms with Gasteiger partial charge < -0.3 is 4.90 Å². The second kappa shape index (κ2) is 12.0. The molecule has 0 N–H and O–H groups in total. The van der Waals surface area contributed by atoms with E-state index >= 15 is 0 Å². The molecule has 0 aliphatic rings. The van der Waals surface area contributed by atoms with Crippen LogP contribution >= 0.6 is 11.3 Å². The Morgan fingerprint density at radius 2 is 0.958 bits per heavy atom. The number of benzene rings is 8. The Morgan fingerprint density at radius 3 is 1.77 bits per heavy atom. The lowest BCUT2D eigenvalue weighted by atomic mass is 9.94. The second-order valence-electron chi connectivity index (χ2n) is 12.1. The molecular formula is C46H31NS. The third-order valence-electron chi connectivity index (χ3n) is 9.28. The Balaban J connectivity index is 1.34. The summed E-state index contributed by atoms with van der Waals surface area (Å²) < 4.78 is 2.58. The fourth-order valence-corrected chi connectivity index (χ4v) is 8.13. The van der Waals surface area contributed by atoms with E-state index in [1.165, 1.54) is 70.0 Å². The molecule has 0 amide bonds. The van der Waals surface area contributed by atoms with E-state index < -0.39 is 0 Å². The maximum atomic E-state index is 2.48. The SMILES string of the molecule is c1ccc(-c2ccc(N(c3cc(-c4cccc5ccccc45)ccc3-c3ccccc3)c3cccc4sc5ccccc5c34)cc2)cc1. The largest absolute Gasteiger partial charge is 0.309 e. The number of hydrogen-bond donors (Lipinski definition) is 0. The first kappa shape index (κ1) is 28.3. The predicted molar refractivity (Wildman–Crippen MR) is 208 cm³/mol. The number of anilines is 3. The molecule has 1 heterocycles. The Kier molecular flexibility index (Phi) is 7.07. The van der Waals surface area contributed by atoms with Crippen LogP contribution in [0.25, 0.3) is 64.3 Å². The van der Waals surface area contributed by atoms with Gasteiger partial charge in [0.05, 0.1) is 11.4 Å².